The first kappa shape index (κ1) is 41.1. The minimum absolute atomic E-state index is 0.199. The minimum atomic E-state index is -0.644. The van der Waals surface area contributed by atoms with Gasteiger partial charge in [-0.05, 0) is 78.7 Å². The Bertz CT molecular complexity index is 2200. The molecule has 0 saturated carbocycles. The number of carbonyl (C=O) groups excluding carboxylic acids is 3. The molecule has 1 fully saturated rings. The van der Waals surface area contributed by atoms with Crippen molar-refractivity contribution in [2.75, 3.05) is 71.3 Å². The van der Waals surface area contributed by atoms with Crippen molar-refractivity contribution in [2.45, 2.75) is 25.4 Å². The summed E-state index contributed by atoms with van der Waals surface area (Å²) in [5.74, 6) is 1.40. The number of hydrogen-bond acceptors (Lipinski definition) is 12. The number of rotatable bonds is 21. The van der Waals surface area contributed by atoms with Gasteiger partial charge in [-0.2, -0.15) is 0 Å². The van der Waals surface area contributed by atoms with Gasteiger partial charge in [-0.1, -0.05) is 34.1 Å². The molecule has 5 aromatic rings. The summed E-state index contributed by atoms with van der Waals surface area (Å²) in [6.45, 7) is 4.73. The number of piperidine rings is 1. The Morgan fingerprint density at radius 1 is 0.793 bits per heavy atom. The van der Waals surface area contributed by atoms with Gasteiger partial charge in [0.25, 0.3) is 5.91 Å². The Hall–Kier alpha value is -5.03. The lowest BCUT2D eigenvalue weighted by atomic mass is 10.0. The molecule has 4 aromatic carbocycles. The summed E-state index contributed by atoms with van der Waals surface area (Å²) >= 11 is 5.07. The van der Waals surface area contributed by atoms with Gasteiger partial charge in [0.15, 0.2) is 5.75 Å². The molecule has 3 N–H and O–H groups in total. The van der Waals surface area contributed by atoms with Gasteiger partial charge in [-0.3, -0.25) is 19.7 Å². The maximum atomic E-state index is 13.0. The highest BCUT2D eigenvalue weighted by atomic mass is 79.9. The fourth-order valence-corrected chi connectivity index (χ4v) is 8.10. The lowest BCUT2D eigenvalue weighted by Crippen LogP contribution is -2.52. The number of thiophene rings is 1. The molecular weight excluding hydrogens is 830 g/mol. The number of anilines is 1. The van der Waals surface area contributed by atoms with Gasteiger partial charge < -0.3 is 43.7 Å². The largest absolute Gasteiger partial charge is 0.508 e. The molecule has 15 heteroatoms. The van der Waals surface area contributed by atoms with Crippen LogP contribution in [0.5, 0.6) is 23.0 Å². The van der Waals surface area contributed by atoms with Crippen LogP contribution in [0.3, 0.4) is 0 Å². The number of benzene rings is 4. The third kappa shape index (κ3) is 10.5. The van der Waals surface area contributed by atoms with E-state index >= 15 is 0 Å². The highest BCUT2D eigenvalue weighted by Gasteiger charge is 2.39. The zero-order valence-electron chi connectivity index (χ0n) is 31.7. The van der Waals surface area contributed by atoms with Crippen molar-refractivity contribution in [3.63, 3.8) is 0 Å². The van der Waals surface area contributed by atoms with Crippen LogP contribution in [0.2, 0.25) is 0 Å². The second-order valence-electron chi connectivity index (χ2n) is 13.5. The van der Waals surface area contributed by atoms with Crippen LogP contribution in [0.4, 0.5) is 5.69 Å². The van der Waals surface area contributed by atoms with Crippen molar-refractivity contribution in [3.8, 4) is 33.4 Å². The predicted molar refractivity (Wildman–Crippen MR) is 223 cm³/mol. The van der Waals surface area contributed by atoms with Crippen LogP contribution >= 0.6 is 27.3 Å². The number of imide groups is 1. The molecule has 0 bridgehead atoms. The Kier molecular flexibility index (Phi) is 14.3. The first-order valence-corrected chi connectivity index (χ1v) is 20.7. The molecule has 3 heterocycles. The molecule has 58 heavy (non-hydrogen) atoms. The zero-order chi connectivity index (χ0) is 40.3. The average molecular weight is 875 g/mol. The molecule has 3 amide bonds. The number of phenols is 1. The van der Waals surface area contributed by atoms with Crippen molar-refractivity contribution in [1.82, 2.24) is 10.2 Å². The highest BCUT2D eigenvalue weighted by Crippen LogP contribution is 2.47. The van der Waals surface area contributed by atoms with Crippen LogP contribution in [-0.2, 0) is 35.1 Å². The number of carbonyl (C=O) groups is 3. The van der Waals surface area contributed by atoms with Crippen molar-refractivity contribution in [3.05, 3.63) is 101 Å². The number of fused-ring (bicyclic) bond motifs is 2. The molecule has 1 atom stereocenters. The maximum Gasteiger partial charge on any atom is 0.255 e. The van der Waals surface area contributed by atoms with Gasteiger partial charge in [0.2, 0.25) is 11.8 Å². The lowest BCUT2D eigenvalue weighted by molar-refractivity contribution is -0.136. The summed E-state index contributed by atoms with van der Waals surface area (Å²) in [6.07, 6.45) is 0.550. The number of ether oxygens (including phenoxy) is 6. The summed E-state index contributed by atoms with van der Waals surface area (Å²) < 4.78 is 36.7. The van der Waals surface area contributed by atoms with E-state index in [0.717, 1.165) is 42.0 Å². The molecule has 13 nitrogen and oxygen atoms in total. The summed E-state index contributed by atoms with van der Waals surface area (Å²) in [7, 11) is 0. The molecular formula is C43H44BrN3O10S. The summed E-state index contributed by atoms with van der Waals surface area (Å²) in [6, 6.07) is 25.7. The van der Waals surface area contributed by atoms with E-state index in [0.29, 0.717) is 96.0 Å². The van der Waals surface area contributed by atoms with E-state index in [2.05, 4.69) is 26.6 Å². The van der Waals surface area contributed by atoms with E-state index in [1.807, 2.05) is 66.7 Å². The predicted octanol–water partition coefficient (Wildman–Crippen LogP) is 7.15. The first-order chi connectivity index (χ1) is 28.3. The van der Waals surface area contributed by atoms with Crippen LogP contribution in [0.15, 0.2) is 89.4 Å². The standard InChI is InChI=1S/C43H44BrN3O10S/c44-29-6-4-28(5-7-29)41-40(34-13-8-30(48)26-38(34)58-41)57-32-11-9-31(10-12-32)56-25-24-55-23-22-54-21-20-53-19-18-52-17-16-45-36-3-1-2-33-35(36)27-47(43(33)51)37-14-15-39(49)46-42(37)50/h1-13,26,37,45,48H,14-25,27H2,(H,46,49,50). The number of nitrogens with one attached hydrogen (secondary N) is 2. The number of phenolic OH excluding ortho intramolecular Hbond substituents is 1. The maximum absolute atomic E-state index is 13.0. The molecule has 2 aliphatic heterocycles. The first-order valence-electron chi connectivity index (χ1n) is 19.1. The second kappa shape index (κ2) is 20.1. The summed E-state index contributed by atoms with van der Waals surface area (Å²) in [5, 5.41) is 16.6. The fraction of sp³-hybridized carbons (Fsp3) is 0.326. The Morgan fingerprint density at radius 2 is 1.47 bits per heavy atom. The van der Waals surface area contributed by atoms with Crippen LogP contribution in [0.25, 0.3) is 20.5 Å². The van der Waals surface area contributed by atoms with E-state index < -0.39 is 11.9 Å². The van der Waals surface area contributed by atoms with E-state index in [1.165, 1.54) is 0 Å². The number of nitrogens with zero attached hydrogens (tertiary/aromatic N) is 1. The Balaban J connectivity index is 0.710. The number of halogens is 1. The van der Waals surface area contributed by atoms with E-state index in [9.17, 15) is 19.5 Å². The molecule has 0 aliphatic carbocycles. The SMILES string of the molecule is O=C1CCC(N2Cc3c(NCCOCCOCCOCCOCCOc4ccc(Oc5c(-c6ccc(Br)cc6)sc6cc(O)ccc56)cc4)cccc3C2=O)C(=O)N1. The van der Waals surface area contributed by atoms with E-state index in [4.69, 9.17) is 28.4 Å². The number of hydrogen-bond donors (Lipinski definition) is 3. The zero-order valence-corrected chi connectivity index (χ0v) is 34.1. The third-order valence-electron chi connectivity index (χ3n) is 9.53. The summed E-state index contributed by atoms with van der Waals surface area (Å²) in [4.78, 5) is 39.4. The van der Waals surface area contributed by atoms with Crippen molar-refractivity contribution in [2.24, 2.45) is 0 Å². The number of aromatic hydroxyl groups is 1. The highest BCUT2D eigenvalue weighted by molar-refractivity contribution is 9.10. The monoisotopic (exact) mass is 873 g/mol. The molecule has 2 aliphatic rings. The fourth-order valence-electron chi connectivity index (χ4n) is 6.67. The van der Waals surface area contributed by atoms with Crippen LogP contribution in [0.1, 0.15) is 28.8 Å². The third-order valence-corrected chi connectivity index (χ3v) is 11.2. The molecule has 1 unspecified atom stereocenters. The van der Waals surface area contributed by atoms with Gasteiger partial charge >= 0.3 is 0 Å². The quantitative estimate of drug-likeness (QED) is 0.0509. The van der Waals surface area contributed by atoms with Gasteiger partial charge in [0.05, 0.1) is 57.7 Å². The minimum Gasteiger partial charge on any atom is -0.508 e. The molecule has 304 valence electrons. The van der Waals surface area contributed by atoms with Crippen LogP contribution < -0.4 is 20.1 Å². The molecule has 1 aromatic heterocycles. The summed E-state index contributed by atoms with van der Waals surface area (Å²) in [5.41, 5.74) is 3.26. The number of amides is 3. The molecule has 0 radical (unpaired) electrons. The van der Waals surface area contributed by atoms with Crippen LogP contribution in [0, 0.1) is 0 Å². The van der Waals surface area contributed by atoms with Gasteiger partial charge in [-0.25, -0.2) is 0 Å². The van der Waals surface area contributed by atoms with E-state index in [-0.39, 0.29) is 24.0 Å². The van der Waals surface area contributed by atoms with Gasteiger partial charge in [0, 0.05) is 50.9 Å². The Labute approximate surface area is 348 Å². The molecule has 1 saturated heterocycles. The molecule has 0 spiro atoms. The van der Waals surface area contributed by atoms with E-state index in [1.54, 1.807) is 34.4 Å². The lowest BCUT2D eigenvalue weighted by Gasteiger charge is -2.29. The second-order valence-corrected chi connectivity index (χ2v) is 15.4. The van der Waals surface area contributed by atoms with Crippen molar-refractivity contribution < 1.29 is 47.9 Å². The van der Waals surface area contributed by atoms with Crippen molar-refractivity contribution in [1.29, 1.82) is 0 Å². The van der Waals surface area contributed by atoms with Gasteiger partial charge in [-0.15, -0.1) is 11.3 Å². The van der Waals surface area contributed by atoms with Crippen LogP contribution in [-0.4, -0.2) is 99.8 Å². The van der Waals surface area contributed by atoms with Gasteiger partial charge in [0.1, 0.15) is 29.9 Å². The smallest absolute Gasteiger partial charge is 0.255 e. The average Bonchev–Trinajstić information content (AvgIpc) is 3.75. The Morgan fingerprint density at radius 3 is 2.17 bits per heavy atom. The molecule has 7 rings (SSSR count). The normalized spacial score (nSPS) is 15.2. The van der Waals surface area contributed by atoms with Crippen molar-refractivity contribution >= 4 is 60.8 Å². The topological polar surface area (TPSA) is 154 Å².